The molecule has 0 aliphatic carbocycles. The molecule has 6 heteroatoms. The molecular formula is C12H13N3O2S. The number of aryl methyl sites for hydroxylation is 2. The normalized spacial score (nSPS) is 17.7. The van der Waals surface area contributed by atoms with Crippen LogP contribution >= 0.6 is 11.8 Å². The number of nitrogens with one attached hydrogen (secondary N) is 1. The van der Waals surface area contributed by atoms with Crippen LogP contribution in [-0.4, -0.2) is 28.1 Å². The molecule has 1 saturated heterocycles. The van der Waals surface area contributed by atoms with Crippen molar-refractivity contribution >= 4 is 29.1 Å². The fourth-order valence-corrected chi connectivity index (χ4v) is 2.27. The van der Waals surface area contributed by atoms with Gasteiger partial charge in [-0.15, -0.1) is 5.10 Å². The summed E-state index contributed by atoms with van der Waals surface area (Å²) in [6.07, 6.45) is 1.49. The average Bonchev–Trinajstić information content (AvgIpc) is 2.68. The predicted molar refractivity (Wildman–Crippen MR) is 73.2 cm³/mol. The van der Waals surface area contributed by atoms with Gasteiger partial charge in [0.15, 0.2) is 5.17 Å². The number of carbonyl (C=O) groups excluding carboxylic acids is 1. The number of phenols is 1. The van der Waals surface area contributed by atoms with Gasteiger partial charge in [0.05, 0.1) is 12.0 Å². The highest BCUT2D eigenvalue weighted by molar-refractivity contribution is 8.15. The Kier molecular flexibility index (Phi) is 3.66. The Balaban J connectivity index is 2.17. The number of amides is 1. The molecule has 0 radical (unpaired) electrons. The third-order valence-corrected chi connectivity index (χ3v) is 3.29. The van der Waals surface area contributed by atoms with E-state index in [1.807, 2.05) is 19.9 Å². The number of benzene rings is 1. The Morgan fingerprint density at radius 1 is 1.44 bits per heavy atom. The largest absolute Gasteiger partial charge is 0.507 e. The molecule has 1 amide bonds. The number of carbonyl (C=O) groups is 1. The number of amidine groups is 1. The second kappa shape index (κ2) is 5.22. The zero-order chi connectivity index (χ0) is 13.1. The van der Waals surface area contributed by atoms with Crippen LogP contribution in [0.15, 0.2) is 22.3 Å². The first-order valence-electron chi connectivity index (χ1n) is 5.40. The molecule has 0 aromatic heterocycles. The second-order valence-electron chi connectivity index (χ2n) is 4.00. The first-order valence-corrected chi connectivity index (χ1v) is 6.38. The third kappa shape index (κ3) is 2.89. The first kappa shape index (κ1) is 12.6. The van der Waals surface area contributed by atoms with E-state index in [2.05, 4.69) is 15.5 Å². The fourth-order valence-electron chi connectivity index (χ4n) is 1.64. The highest BCUT2D eigenvalue weighted by Crippen LogP contribution is 2.21. The molecule has 1 aromatic carbocycles. The summed E-state index contributed by atoms with van der Waals surface area (Å²) in [5, 5.41) is 20.6. The average molecular weight is 263 g/mol. The van der Waals surface area contributed by atoms with Crippen molar-refractivity contribution in [3.8, 4) is 5.75 Å². The maximum Gasteiger partial charge on any atom is 0.236 e. The standard InChI is InChI=1S/C12H13N3O2S/c1-7-3-8(2)9(10(16)4-7)5-13-15-12-14-11(17)6-18-12/h3-5,16H,6H2,1-2H3,(H,14,15,17). The quantitative estimate of drug-likeness (QED) is 0.628. The van der Waals surface area contributed by atoms with Gasteiger partial charge in [0.2, 0.25) is 5.91 Å². The van der Waals surface area contributed by atoms with E-state index in [-0.39, 0.29) is 11.7 Å². The zero-order valence-electron chi connectivity index (χ0n) is 10.1. The van der Waals surface area contributed by atoms with Gasteiger partial charge in [0, 0.05) is 5.56 Å². The highest BCUT2D eigenvalue weighted by atomic mass is 32.2. The van der Waals surface area contributed by atoms with Crippen molar-refractivity contribution in [3.63, 3.8) is 0 Å². The summed E-state index contributed by atoms with van der Waals surface area (Å²) in [4.78, 5) is 10.9. The van der Waals surface area contributed by atoms with Crippen molar-refractivity contribution in [1.29, 1.82) is 0 Å². The van der Waals surface area contributed by atoms with Crippen molar-refractivity contribution in [2.45, 2.75) is 13.8 Å². The van der Waals surface area contributed by atoms with E-state index >= 15 is 0 Å². The molecular weight excluding hydrogens is 250 g/mol. The highest BCUT2D eigenvalue weighted by Gasteiger charge is 2.15. The molecule has 2 rings (SSSR count). The Morgan fingerprint density at radius 3 is 2.83 bits per heavy atom. The number of nitrogens with zero attached hydrogens (tertiary/aromatic N) is 2. The van der Waals surface area contributed by atoms with Crippen LogP contribution in [0.5, 0.6) is 5.75 Å². The molecule has 1 aromatic rings. The van der Waals surface area contributed by atoms with Crippen LogP contribution in [0.4, 0.5) is 0 Å². The van der Waals surface area contributed by atoms with Crippen LogP contribution < -0.4 is 5.32 Å². The van der Waals surface area contributed by atoms with E-state index in [0.717, 1.165) is 11.1 Å². The fraction of sp³-hybridized carbons (Fsp3) is 0.250. The minimum Gasteiger partial charge on any atom is -0.507 e. The van der Waals surface area contributed by atoms with Crippen LogP contribution in [0.25, 0.3) is 0 Å². The molecule has 0 saturated carbocycles. The minimum atomic E-state index is -0.0664. The van der Waals surface area contributed by atoms with Crippen LogP contribution in [0.1, 0.15) is 16.7 Å². The summed E-state index contributed by atoms with van der Waals surface area (Å²) >= 11 is 1.31. The Morgan fingerprint density at radius 2 is 2.22 bits per heavy atom. The third-order valence-electron chi connectivity index (χ3n) is 2.43. The van der Waals surface area contributed by atoms with E-state index < -0.39 is 0 Å². The van der Waals surface area contributed by atoms with Gasteiger partial charge in [-0.05, 0) is 31.0 Å². The van der Waals surface area contributed by atoms with Crippen molar-refractivity contribution in [1.82, 2.24) is 5.32 Å². The van der Waals surface area contributed by atoms with Crippen molar-refractivity contribution in [3.05, 3.63) is 28.8 Å². The van der Waals surface area contributed by atoms with Gasteiger partial charge in [0.25, 0.3) is 0 Å². The van der Waals surface area contributed by atoms with E-state index in [1.54, 1.807) is 6.07 Å². The molecule has 0 spiro atoms. The molecule has 18 heavy (non-hydrogen) atoms. The maximum atomic E-state index is 10.9. The number of hydrogen-bond acceptors (Lipinski definition) is 5. The van der Waals surface area contributed by atoms with Crippen LogP contribution in [0.2, 0.25) is 0 Å². The first-order chi connectivity index (χ1) is 8.56. The number of phenolic OH excluding ortho intramolecular Hbond substituents is 1. The molecule has 2 N–H and O–H groups in total. The summed E-state index contributed by atoms with van der Waals surface area (Å²) in [6.45, 7) is 3.81. The summed E-state index contributed by atoms with van der Waals surface area (Å²) < 4.78 is 0. The lowest BCUT2D eigenvalue weighted by Crippen LogP contribution is -2.19. The smallest absolute Gasteiger partial charge is 0.236 e. The molecule has 1 aliphatic heterocycles. The molecule has 94 valence electrons. The summed E-state index contributed by atoms with van der Waals surface area (Å²) in [6, 6.07) is 3.63. The van der Waals surface area contributed by atoms with Gasteiger partial charge >= 0.3 is 0 Å². The molecule has 0 atom stereocenters. The lowest BCUT2D eigenvalue weighted by atomic mass is 10.1. The van der Waals surface area contributed by atoms with Gasteiger partial charge in [-0.2, -0.15) is 5.10 Å². The summed E-state index contributed by atoms with van der Waals surface area (Å²) in [7, 11) is 0. The van der Waals surface area contributed by atoms with Gasteiger partial charge < -0.3 is 10.4 Å². The molecule has 0 bridgehead atoms. The van der Waals surface area contributed by atoms with E-state index in [9.17, 15) is 9.90 Å². The van der Waals surface area contributed by atoms with E-state index in [4.69, 9.17) is 0 Å². The number of thioether (sulfide) groups is 1. The number of aromatic hydroxyl groups is 1. The molecule has 0 unspecified atom stereocenters. The molecule has 1 heterocycles. The number of rotatable bonds is 2. The van der Waals surface area contributed by atoms with E-state index in [1.165, 1.54) is 18.0 Å². The van der Waals surface area contributed by atoms with Crippen LogP contribution in [0, 0.1) is 13.8 Å². The Hall–Kier alpha value is -1.82. The van der Waals surface area contributed by atoms with Gasteiger partial charge in [-0.3, -0.25) is 4.79 Å². The van der Waals surface area contributed by atoms with Crippen molar-refractivity contribution in [2.75, 3.05) is 5.75 Å². The van der Waals surface area contributed by atoms with Gasteiger partial charge in [-0.25, -0.2) is 0 Å². The minimum absolute atomic E-state index is 0.0664. The molecule has 1 aliphatic rings. The van der Waals surface area contributed by atoms with Gasteiger partial charge in [-0.1, -0.05) is 17.8 Å². The lowest BCUT2D eigenvalue weighted by Gasteiger charge is -2.04. The summed E-state index contributed by atoms with van der Waals surface area (Å²) in [5.41, 5.74) is 2.56. The molecule has 5 nitrogen and oxygen atoms in total. The zero-order valence-corrected chi connectivity index (χ0v) is 10.9. The Bertz CT molecular complexity index is 529. The summed E-state index contributed by atoms with van der Waals surface area (Å²) in [5.74, 6) is 0.492. The topological polar surface area (TPSA) is 74.0 Å². The lowest BCUT2D eigenvalue weighted by molar-refractivity contribution is -0.116. The van der Waals surface area contributed by atoms with Crippen molar-refractivity contribution in [2.24, 2.45) is 10.2 Å². The molecule has 1 fully saturated rings. The van der Waals surface area contributed by atoms with Crippen LogP contribution in [0.3, 0.4) is 0 Å². The number of hydrogen-bond donors (Lipinski definition) is 2. The monoisotopic (exact) mass is 263 g/mol. The van der Waals surface area contributed by atoms with E-state index in [0.29, 0.717) is 16.5 Å². The second-order valence-corrected chi connectivity index (χ2v) is 4.97. The van der Waals surface area contributed by atoms with Crippen LogP contribution in [-0.2, 0) is 4.79 Å². The SMILES string of the molecule is Cc1cc(C)c(C=NN=C2NC(=O)CS2)c(O)c1. The maximum absolute atomic E-state index is 10.9. The van der Waals surface area contributed by atoms with Gasteiger partial charge in [0.1, 0.15) is 5.75 Å². The predicted octanol–water partition coefficient (Wildman–Crippen LogP) is 1.56. The Labute approximate surface area is 109 Å². The van der Waals surface area contributed by atoms with Crippen molar-refractivity contribution < 1.29 is 9.90 Å².